The molecule has 0 saturated carbocycles. The Morgan fingerprint density at radius 1 is 0.862 bits per heavy atom. The van der Waals surface area contributed by atoms with Crippen LogP contribution in [0.1, 0.15) is 12.1 Å². The van der Waals surface area contributed by atoms with E-state index in [0.29, 0.717) is 0 Å². The average Bonchev–Trinajstić information content (AvgIpc) is 3.72. The Morgan fingerprint density at radius 3 is 2.06 bits per heavy atom. The van der Waals surface area contributed by atoms with Crippen LogP contribution in [-0.4, -0.2) is 260 Å². The number of hydrogen-bond acceptors (Lipinski definition) is 27. The van der Waals surface area contributed by atoms with Crippen LogP contribution in [0.4, 0.5) is 0 Å². The van der Waals surface area contributed by atoms with Gasteiger partial charge in [-0.2, -0.15) is 0 Å². The van der Waals surface area contributed by atoms with E-state index in [4.69, 9.17) is 44.3 Å². The van der Waals surface area contributed by atoms with E-state index in [9.17, 15) is 86.2 Å². The molecule has 30 heteroatoms. The van der Waals surface area contributed by atoms with Crippen molar-refractivity contribution in [3.63, 3.8) is 0 Å². The Balaban J connectivity index is 0.00000925. The molecule has 15 N–H and O–H groups in total. The molecular formula is C35H53N4NaO25. The molecule has 5 rings (SSSR count). The Morgan fingerprint density at radius 2 is 1.45 bits per heavy atom. The summed E-state index contributed by atoms with van der Waals surface area (Å²) in [6.45, 7) is -5.25. The molecule has 0 radical (unpaired) electrons. The first-order valence-electron chi connectivity index (χ1n) is 19.6. The van der Waals surface area contributed by atoms with Crippen molar-refractivity contribution in [2.75, 3.05) is 33.0 Å². The van der Waals surface area contributed by atoms with Gasteiger partial charge in [0, 0.05) is 6.42 Å². The van der Waals surface area contributed by atoms with Crippen LogP contribution >= 0.6 is 0 Å². The van der Waals surface area contributed by atoms with E-state index in [0.717, 1.165) is 4.68 Å². The van der Waals surface area contributed by atoms with Gasteiger partial charge in [0.05, 0.1) is 51.4 Å². The molecule has 29 nitrogen and oxygen atoms in total. The number of carboxylic acids is 1. The molecule has 65 heavy (non-hydrogen) atoms. The van der Waals surface area contributed by atoms with Crippen LogP contribution in [0.15, 0.2) is 6.20 Å². The van der Waals surface area contributed by atoms with Crippen molar-refractivity contribution in [1.29, 1.82) is 0 Å². The molecule has 4 fully saturated rings. The summed E-state index contributed by atoms with van der Waals surface area (Å²) in [5.41, 5.74) is 0.0435. The van der Waals surface area contributed by atoms with Gasteiger partial charge in [-0.25, -0.2) is 4.68 Å². The van der Waals surface area contributed by atoms with Gasteiger partial charge in [-0.15, -0.1) is 11.5 Å². The van der Waals surface area contributed by atoms with E-state index in [2.05, 4.69) is 21.5 Å². The number of nitrogens with one attached hydrogen (secondary N) is 1. The van der Waals surface area contributed by atoms with Crippen molar-refractivity contribution >= 4 is 11.9 Å². The number of ether oxygens (including phenoxy) is 8. The topological polar surface area (TPSA) is 457 Å². The predicted octanol–water partition coefficient (Wildman–Crippen LogP) is -15.3. The van der Waals surface area contributed by atoms with Gasteiger partial charge in [0.2, 0.25) is 11.7 Å². The smallest absolute Gasteiger partial charge is 0.544 e. The van der Waals surface area contributed by atoms with E-state index in [1.165, 1.54) is 6.20 Å². The van der Waals surface area contributed by atoms with Crippen molar-refractivity contribution in [1.82, 2.24) is 20.3 Å². The second-order valence-corrected chi connectivity index (χ2v) is 15.3. The summed E-state index contributed by atoms with van der Waals surface area (Å²) in [6.07, 6.45) is -29.6. The third-order valence-corrected chi connectivity index (χ3v) is 10.9. The number of nitrogens with zero attached hydrogens (tertiary/aromatic N) is 3. The van der Waals surface area contributed by atoms with Gasteiger partial charge < -0.3 is 125 Å². The maximum Gasteiger partial charge on any atom is 1.00 e. The fourth-order valence-electron chi connectivity index (χ4n) is 7.29. The van der Waals surface area contributed by atoms with Crippen LogP contribution < -0.4 is 40.0 Å². The molecule has 364 valence electrons. The largest absolute Gasteiger partial charge is 1.00 e. The normalized spacial score (nSPS) is 40.8. The molecule has 21 atom stereocenters. The number of aromatic nitrogens is 3. The summed E-state index contributed by atoms with van der Waals surface area (Å²) in [4.78, 5) is 25.9. The fraction of sp³-hybridized carbons (Fsp3) is 0.829. The molecule has 0 unspecified atom stereocenters. The van der Waals surface area contributed by atoms with E-state index >= 15 is 0 Å². The molecule has 0 bridgehead atoms. The third kappa shape index (κ3) is 12.7. The Labute approximate surface area is 389 Å². The summed E-state index contributed by atoms with van der Waals surface area (Å²) < 4.78 is 44.3. The fourth-order valence-corrected chi connectivity index (χ4v) is 7.29. The summed E-state index contributed by atoms with van der Waals surface area (Å²) in [5.74, 6) is -4.16. The number of aliphatic hydroxyl groups is 14. The molecular weight excluding hydrogens is 899 g/mol. The molecule has 5 heterocycles. The molecule has 0 aromatic carbocycles. The van der Waals surface area contributed by atoms with E-state index in [1.807, 2.05) is 0 Å². The first-order chi connectivity index (χ1) is 30.3. The zero-order valence-corrected chi connectivity index (χ0v) is 36.5. The molecule has 1 amide bonds. The quantitative estimate of drug-likeness (QED) is 0.0452. The van der Waals surface area contributed by atoms with Crippen LogP contribution in [0.5, 0.6) is 0 Å². The molecule has 1 aromatic heterocycles. The van der Waals surface area contributed by atoms with E-state index < -0.39 is 186 Å². The Kier molecular flexibility index (Phi) is 20.7. The monoisotopic (exact) mass is 952 g/mol. The number of carbonyl (C=O) groups excluding carboxylic acids is 2. The van der Waals surface area contributed by atoms with Crippen molar-refractivity contribution in [3.05, 3.63) is 11.9 Å². The number of amides is 1. The third-order valence-electron chi connectivity index (χ3n) is 10.9. The maximum atomic E-state index is 13.2. The minimum absolute atomic E-state index is 0. The molecule has 0 aliphatic carbocycles. The Hall–Kier alpha value is -2.24. The molecule has 4 aliphatic rings. The van der Waals surface area contributed by atoms with E-state index in [1.54, 1.807) is 0 Å². The summed E-state index contributed by atoms with van der Waals surface area (Å²) in [5, 5.41) is 167. The van der Waals surface area contributed by atoms with Crippen LogP contribution in [0.25, 0.3) is 0 Å². The zero-order valence-electron chi connectivity index (χ0n) is 34.5. The minimum Gasteiger partial charge on any atom is -0.544 e. The molecule has 4 aliphatic heterocycles. The summed E-state index contributed by atoms with van der Waals surface area (Å²) in [7, 11) is 0. The van der Waals surface area contributed by atoms with Gasteiger partial charge in [0.1, 0.15) is 116 Å². The predicted molar refractivity (Wildman–Crippen MR) is 193 cm³/mol. The van der Waals surface area contributed by atoms with Gasteiger partial charge in [0.25, 0.3) is 0 Å². The second-order valence-electron chi connectivity index (χ2n) is 15.3. The minimum atomic E-state index is -3.10. The average molecular weight is 953 g/mol. The summed E-state index contributed by atoms with van der Waals surface area (Å²) in [6, 6.07) is -1.76. The van der Waals surface area contributed by atoms with Gasteiger partial charge in [0.15, 0.2) is 18.9 Å². The maximum absolute atomic E-state index is 13.2. The number of aliphatic hydroxyl groups excluding tert-OH is 14. The first kappa shape index (κ1) is 55.4. The van der Waals surface area contributed by atoms with Gasteiger partial charge >= 0.3 is 29.6 Å². The second kappa shape index (κ2) is 24.4. The number of aliphatic carboxylic acids is 1. The van der Waals surface area contributed by atoms with Crippen molar-refractivity contribution in [2.45, 2.75) is 148 Å². The summed E-state index contributed by atoms with van der Waals surface area (Å²) >= 11 is 0. The van der Waals surface area contributed by atoms with Crippen LogP contribution in [0.2, 0.25) is 0 Å². The van der Waals surface area contributed by atoms with Crippen molar-refractivity contribution in [3.8, 4) is 12.3 Å². The van der Waals surface area contributed by atoms with Crippen LogP contribution in [-0.2, 0) is 60.6 Å². The number of carboxylic acid groups (broad SMARTS) is 1. The SMILES string of the molecule is C#CCO[C@@H]1O[C@H](CO)[C@@H](O[C@@H]2O[C@H](CO[C@]3(C(=O)[O-])C[C@H](O)[C@@H](NC(=O)Cn4cc(CO[C@@H]5O[C@H](CO)[C@H](O)[C@H](O)[C@H]5O)nn4)[C@H]([C@H](O)[C@H](O)CO)O3)[C@H](O)[C@H](O)[C@H]2O)[C@H](O)[C@H]1O.[Na+]. The number of terminal acetylenes is 1. The number of hydrogen-bond donors (Lipinski definition) is 15. The van der Waals surface area contributed by atoms with Crippen LogP contribution in [0, 0.1) is 12.3 Å². The zero-order chi connectivity index (χ0) is 47.2. The first-order valence-corrected chi connectivity index (χ1v) is 19.6. The van der Waals surface area contributed by atoms with Crippen LogP contribution in [0.3, 0.4) is 0 Å². The molecule has 0 spiro atoms. The van der Waals surface area contributed by atoms with Gasteiger partial charge in [-0.1, -0.05) is 11.1 Å². The Bertz CT molecular complexity index is 1710. The van der Waals surface area contributed by atoms with Crippen molar-refractivity contribution < 1.29 is 154 Å². The number of carbonyl (C=O) groups is 2. The van der Waals surface area contributed by atoms with Crippen molar-refractivity contribution in [2.24, 2.45) is 0 Å². The molecule has 4 saturated heterocycles. The van der Waals surface area contributed by atoms with E-state index in [-0.39, 0.29) is 41.9 Å². The van der Waals surface area contributed by atoms with Gasteiger partial charge in [-0.05, 0) is 0 Å². The molecule has 1 aromatic rings. The number of rotatable bonds is 19. The van der Waals surface area contributed by atoms with Gasteiger partial charge in [-0.3, -0.25) is 4.79 Å². The standard InChI is InChI=1S/C35H54N4O25.Na/c1-2-3-57-31-28(54)25(51)29(16(9-42)61-31)63-33-27(53)24(50)22(48)17(62-33)11-59-35(34(55)56)4-13(43)19(30(64-35)20(46)14(44)7-40)36-18(45)6-39-5-12(37-38-39)10-58-32-26(52)23(49)21(47)15(8-41)60-32;/h1,5,13-17,19-33,40-44,46-54H,3-4,6-11H2,(H,36,45)(H,55,56);/q;+1/p-1/t13-,14+,15+,16+,17+,19+,20+,21-,22-,23-,24-,25+,26+,27+,28+,29+,30+,31+,32+,33-,35+;/m0./s1.